The van der Waals surface area contributed by atoms with Gasteiger partial charge in [0.1, 0.15) is 13.2 Å². The van der Waals surface area contributed by atoms with E-state index in [1.807, 2.05) is 48.5 Å². The summed E-state index contributed by atoms with van der Waals surface area (Å²) in [6.07, 6.45) is 0. The number of fused-ring (bicyclic) bond motifs is 2. The first-order valence-electron chi connectivity index (χ1n) is 10.9. The molecule has 0 saturated carbocycles. The third-order valence-corrected chi connectivity index (χ3v) is 5.50. The van der Waals surface area contributed by atoms with Gasteiger partial charge in [0.25, 0.3) is 0 Å². The van der Waals surface area contributed by atoms with Crippen molar-refractivity contribution in [2.24, 2.45) is 0 Å². The summed E-state index contributed by atoms with van der Waals surface area (Å²) in [7, 11) is 3.22. The van der Waals surface area contributed by atoms with Crippen molar-refractivity contribution in [3.8, 4) is 46.7 Å². The molecule has 4 aromatic carbocycles. The summed E-state index contributed by atoms with van der Waals surface area (Å²) in [5, 5.41) is 2.34. The van der Waals surface area contributed by atoms with Gasteiger partial charge in [-0.05, 0) is 41.1 Å². The fourth-order valence-corrected chi connectivity index (χ4v) is 3.75. The molecular formula is C30H22O4. The number of hydrogen-bond donors (Lipinski definition) is 0. The van der Waals surface area contributed by atoms with Gasteiger partial charge in [-0.1, -0.05) is 54.0 Å². The largest absolute Gasteiger partial charge is 0.493 e. The molecule has 0 atom stereocenters. The van der Waals surface area contributed by atoms with Crippen LogP contribution in [0, 0.1) is 23.7 Å². The summed E-state index contributed by atoms with van der Waals surface area (Å²) in [6, 6.07) is 23.8. The van der Waals surface area contributed by atoms with Crippen LogP contribution in [-0.2, 0) is 0 Å². The molecule has 1 aliphatic rings. The monoisotopic (exact) mass is 446 g/mol. The summed E-state index contributed by atoms with van der Waals surface area (Å²) in [5.41, 5.74) is 3.27. The average molecular weight is 447 g/mol. The molecule has 0 radical (unpaired) electrons. The maximum atomic E-state index is 5.67. The van der Waals surface area contributed by atoms with E-state index in [-0.39, 0.29) is 0 Å². The van der Waals surface area contributed by atoms with Crippen LogP contribution >= 0.6 is 0 Å². The summed E-state index contributed by atoms with van der Waals surface area (Å²) in [6.45, 7) is 1.09. The van der Waals surface area contributed by atoms with Crippen molar-refractivity contribution in [1.29, 1.82) is 0 Å². The highest BCUT2D eigenvalue weighted by Crippen LogP contribution is 2.32. The van der Waals surface area contributed by atoms with Crippen molar-refractivity contribution in [2.75, 3.05) is 27.4 Å². The molecule has 34 heavy (non-hydrogen) atoms. The van der Waals surface area contributed by atoms with Crippen LogP contribution in [0.3, 0.4) is 0 Å². The van der Waals surface area contributed by atoms with E-state index in [9.17, 15) is 0 Å². The average Bonchev–Trinajstić information content (AvgIpc) is 2.90. The van der Waals surface area contributed by atoms with Gasteiger partial charge in [0.15, 0.2) is 23.0 Å². The zero-order chi connectivity index (χ0) is 23.3. The van der Waals surface area contributed by atoms with E-state index in [2.05, 4.69) is 47.9 Å². The third kappa shape index (κ3) is 4.49. The molecular weight excluding hydrogens is 424 g/mol. The lowest BCUT2D eigenvalue weighted by Crippen LogP contribution is -2.15. The summed E-state index contributed by atoms with van der Waals surface area (Å²) in [4.78, 5) is 0. The van der Waals surface area contributed by atoms with Crippen molar-refractivity contribution in [2.45, 2.75) is 0 Å². The highest BCUT2D eigenvalue weighted by atomic mass is 16.6. The van der Waals surface area contributed by atoms with E-state index in [0.717, 1.165) is 33.4 Å². The van der Waals surface area contributed by atoms with Crippen molar-refractivity contribution in [1.82, 2.24) is 0 Å². The number of rotatable bonds is 2. The lowest BCUT2D eigenvalue weighted by molar-refractivity contribution is 0.171. The Labute approximate surface area is 199 Å². The molecule has 0 bridgehead atoms. The zero-order valence-corrected chi connectivity index (χ0v) is 19.0. The van der Waals surface area contributed by atoms with Gasteiger partial charge in [-0.25, -0.2) is 0 Å². The minimum atomic E-state index is 0.536. The van der Waals surface area contributed by atoms with E-state index in [1.165, 1.54) is 5.39 Å². The Morgan fingerprint density at radius 3 is 1.85 bits per heavy atom. The van der Waals surface area contributed by atoms with Gasteiger partial charge in [-0.15, -0.1) is 0 Å². The first-order chi connectivity index (χ1) is 16.7. The van der Waals surface area contributed by atoms with E-state index in [0.29, 0.717) is 30.5 Å². The lowest BCUT2D eigenvalue weighted by Gasteiger charge is -2.17. The van der Waals surface area contributed by atoms with E-state index in [1.54, 1.807) is 14.2 Å². The van der Waals surface area contributed by atoms with Crippen molar-refractivity contribution in [3.63, 3.8) is 0 Å². The second kappa shape index (κ2) is 9.53. The molecule has 0 spiro atoms. The first-order valence-corrected chi connectivity index (χ1v) is 10.9. The topological polar surface area (TPSA) is 36.9 Å². The molecule has 0 aromatic heterocycles. The molecule has 1 heterocycles. The number of benzene rings is 4. The molecule has 0 aliphatic carbocycles. The van der Waals surface area contributed by atoms with Crippen LogP contribution in [0.2, 0.25) is 0 Å². The van der Waals surface area contributed by atoms with Gasteiger partial charge in [-0.3, -0.25) is 0 Å². The summed E-state index contributed by atoms with van der Waals surface area (Å²) < 4.78 is 22.3. The lowest BCUT2D eigenvalue weighted by atomic mass is 10.0. The smallest absolute Gasteiger partial charge is 0.162 e. The van der Waals surface area contributed by atoms with Crippen LogP contribution in [-0.4, -0.2) is 27.4 Å². The molecule has 4 nitrogen and oxygen atoms in total. The number of ether oxygens (including phenoxy) is 4. The molecule has 0 saturated heterocycles. The maximum absolute atomic E-state index is 5.67. The second-order valence-electron chi connectivity index (χ2n) is 7.67. The number of methoxy groups -OCH3 is 2. The molecule has 4 heteroatoms. The van der Waals surface area contributed by atoms with Crippen LogP contribution < -0.4 is 18.9 Å². The predicted octanol–water partition coefficient (Wildman–Crippen LogP) is 5.43. The second-order valence-corrected chi connectivity index (χ2v) is 7.67. The fraction of sp³-hybridized carbons (Fsp3) is 0.133. The molecule has 0 N–H and O–H groups in total. The van der Waals surface area contributed by atoms with Gasteiger partial charge in [0.2, 0.25) is 0 Å². The Morgan fingerprint density at radius 1 is 0.588 bits per heavy atom. The van der Waals surface area contributed by atoms with Gasteiger partial charge in [0, 0.05) is 34.4 Å². The van der Waals surface area contributed by atoms with Crippen LogP contribution in [0.1, 0.15) is 22.3 Å². The first kappa shape index (κ1) is 21.3. The van der Waals surface area contributed by atoms with Crippen LogP contribution in [0.15, 0.2) is 72.8 Å². The minimum Gasteiger partial charge on any atom is -0.493 e. The SMILES string of the molecule is COc1cc(C#Cc2ccc3c(c2)OCCO3)c(C#Cc2ccc3ccccc3c2)cc1OC. The Kier molecular flexibility index (Phi) is 5.97. The quantitative estimate of drug-likeness (QED) is 0.385. The van der Waals surface area contributed by atoms with E-state index < -0.39 is 0 Å². The highest BCUT2D eigenvalue weighted by Gasteiger charge is 2.12. The van der Waals surface area contributed by atoms with Crippen molar-refractivity contribution in [3.05, 3.63) is 95.1 Å². The zero-order valence-electron chi connectivity index (χ0n) is 19.0. The standard InChI is InChI=1S/C30H22O4/c1-31-28-19-25(12-8-21-7-11-23-5-3-4-6-24(23)17-21)26(20-29(28)32-2)13-9-22-10-14-27-30(18-22)34-16-15-33-27/h3-7,10-11,14,17-20H,15-16H2,1-2H3. The van der Waals surface area contributed by atoms with Crippen LogP contribution in [0.5, 0.6) is 23.0 Å². The van der Waals surface area contributed by atoms with Gasteiger partial charge >= 0.3 is 0 Å². The normalized spacial score (nSPS) is 11.6. The molecule has 4 aromatic rings. The Morgan fingerprint density at radius 2 is 1.18 bits per heavy atom. The summed E-state index contributed by atoms with van der Waals surface area (Å²) >= 11 is 0. The minimum absolute atomic E-state index is 0.536. The highest BCUT2D eigenvalue weighted by molar-refractivity contribution is 5.83. The molecule has 0 unspecified atom stereocenters. The predicted molar refractivity (Wildman–Crippen MR) is 133 cm³/mol. The molecule has 1 aliphatic heterocycles. The molecule has 5 rings (SSSR count). The maximum Gasteiger partial charge on any atom is 0.162 e. The molecule has 0 amide bonds. The van der Waals surface area contributed by atoms with Crippen LogP contribution in [0.4, 0.5) is 0 Å². The Hall–Kier alpha value is -4.54. The van der Waals surface area contributed by atoms with E-state index in [4.69, 9.17) is 18.9 Å². The van der Waals surface area contributed by atoms with Gasteiger partial charge < -0.3 is 18.9 Å². The fourth-order valence-electron chi connectivity index (χ4n) is 3.75. The van der Waals surface area contributed by atoms with Crippen molar-refractivity contribution < 1.29 is 18.9 Å². The molecule has 166 valence electrons. The number of hydrogen-bond acceptors (Lipinski definition) is 4. The van der Waals surface area contributed by atoms with Crippen LogP contribution in [0.25, 0.3) is 10.8 Å². The molecule has 0 fully saturated rings. The van der Waals surface area contributed by atoms with Gasteiger partial charge in [-0.2, -0.15) is 0 Å². The van der Waals surface area contributed by atoms with Gasteiger partial charge in [0.05, 0.1) is 14.2 Å². The Balaban J connectivity index is 1.54. The van der Waals surface area contributed by atoms with Crippen molar-refractivity contribution >= 4 is 10.8 Å². The third-order valence-electron chi connectivity index (χ3n) is 5.50. The van der Waals surface area contributed by atoms with E-state index >= 15 is 0 Å². The summed E-state index contributed by atoms with van der Waals surface area (Å²) in [5.74, 6) is 15.7. The Bertz CT molecular complexity index is 1500.